The standard InChI is InChI=1S/2C64H39N5O/c1-3-16-40(17-4-1)61-63-62(53-38-43(32-35-60(53)70-63)41-18-15-21-46(36-41)68-54-26-11-7-22-47(54)48-23-8-12-27-55(48)68)66-64(65-61)69-57-29-14-9-24-49(57)51-33-30-44(39-59(51)69)42-31-34-58-52(37-42)50-25-10-13-28-56(50)67(58)45-19-5-2-6-20-45;1-3-16-40(17-4-1)61-63-62(53-39-44(32-35-60(53)70-63)41-18-15-21-46(36-41)68-54-26-11-7-22-47(54)48-23-8-12-27-55(48)68)66-64(65-61)69-57-29-14-10-25-50(57)52-38-43(31-34-59(52)69)42-30-33-58-51(37-42)49-24-9-13-28-56(49)67(58)45-19-5-2-6-20-45/h2*1-39H. The van der Waals surface area contributed by atoms with Crippen LogP contribution in [0, 0.1) is 0 Å². The fourth-order valence-corrected chi connectivity index (χ4v) is 22.2. The number of benzene rings is 20. The van der Waals surface area contributed by atoms with Crippen molar-refractivity contribution in [3.05, 3.63) is 473 Å². The molecule has 140 heavy (non-hydrogen) atoms. The van der Waals surface area contributed by atoms with E-state index < -0.39 is 0 Å². The molecule has 0 amide bonds. The van der Waals surface area contributed by atoms with Gasteiger partial charge in [0.05, 0.1) is 66.2 Å². The van der Waals surface area contributed by atoms with Crippen LogP contribution in [0.25, 0.3) is 277 Å². The van der Waals surface area contributed by atoms with Crippen molar-refractivity contribution < 1.29 is 8.83 Å². The summed E-state index contributed by atoms with van der Waals surface area (Å²) in [6, 6.07) is 169. The Balaban J connectivity index is 0.000000134. The Labute approximate surface area is 800 Å². The molecular weight excluding hydrogens is 1710 g/mol. The lowest BCUT2D eigenvalue weighted by Crippen LogP contribution is -2.03. The van der Waals surface area contributed by atoms with Gasteiger partial charge in [-0.05, 0) is 208 Å². The molecule has 0 radical (unpaired) electrons. The molecule has 12 heteroatoms. The number of furan rings is 2. The second kappa shape index (κ2) is 31.3. The zero-order valence-electron chi connectivity index (χ0n) is 75.3. The van der Waals surface area contributed by atoms with E-state index in [1.165, 1.54) is 87.2 Å². The molecule has 652 valence electrons. The van der Waals surface area contributed by atoms with Gasteiger partial charge in [0.15, 0.2) is 11.2 Å². The first-order chi connectivity index (χ1) is 69.4. The highest BCUT2D eigenvalue weighted by Crippen LogP contribution is 2.47. The van der Waals surface area contributed by atoms with Gasteiger partial charge in [-0.1, -0.05) is 309 Å². The van der Waals surface area contributed by atoms with Gasteiger partial charge in [0.1, 0.15) is 33.6 Å². The van der Waals surface area contributed by atoms with E-state index >= 15 is 0 Å². The smallest absolute Gasteiger partial charge is 0.236 e. The van der Waals surface area contributed by atoms with Crippen LogP contribution in [0.4, 0.5) is 0 Å². The Kier molecular flexibility index (Phi) is 17.5. The lowest BCUT2D eigenvalue weighted by molar-refractivity contribution is 0.666. The molecule has 0 saturated carbocycles. The van der Waals surface area contributed by atoms with Gasteiger partial charge < -0.3 is 27.1 Å². The summed E-state index contributed by atoms with van der Waals surface area (Å²) in [7, 11) is 0. The molecule has 20 aromatic carbocycles. The average molecular weight is 1790 g/mol. The molecule has 0 atom stereocenters. The molecule has 30 rings (SSSR count). The first kappa shape index (κ1) is 78.4. The zero-order valence-corrected chi connectivity index (χ0v) is 75.3. The van der Waals surface area contributed by atoms with Gasteiger partial charge in [-0.2, -0.15) is 0 Å². The van der Waals surface area contributed by atoms with Crippen molar-refractivity contribution in [1.82, 2.24) is 47.3 Å². The van der Waals surface area contributed by atoms with Crippen LogP contribution in [0.5, 0.6) is 0 Å². The Morgan fingerprint density at radius 2 is 0.379 bits per heavy atom. The van der Waals surface area contributed by atoms with E-state index in [-0.39, 0.29) is 0 Å². The van der Waals surface area contributed by atoms with E-state index in [4.69, 9.17) is 28.8 Å². The molecule has 0 fully saturated rings. The fraction of sp³-hybridized carbons (Fsp3) is 0. The van der Waals surface area contributed by atoms with Crippen molar-refractivity contribution in [2.75, 3.05) is 0 Å². The maximum atomic E-state index is 6.79. The number of aromatic nitrogens is 10. The Bertz CT molecular complexity index is 10300. The molecule has 0 aliphatic carbocycles. The van der Waals surface area contributed by atoms with Crippen molar-refractivity contribution in [2.45, 2.75) is 0 Å². The molecule has 0 N–H and O–H groups in total. The predicted octanol–water partition coefficient (Wildman–Crippen LogP) is 33.3. The maximum absolute atomic E-state index is 6.79. The van der Waals surface area contributed by atoms with E-state index in [0.29, 0.717) is 23.1 Å². The summed E-state index contributed by atoms with van der Waals surface area (Å²) in [6.45, 7) is 0. The van der Waals surface area contributed by atoms with E-state index in [9.17, 15) is 0 Å². The molecule has 12 nitrogen and oxygen atoms in total. The number of nitrogens with zero attached hydrogens (tertiary/aromatic N) is 10. The van der Waals surface area contributed by atoms with Crippen LogP contribution in [0.2, 0.25) is 0 Å². The second-order valence-electron chi connectivity index (χ2n) is 36.3. The molecule has 10 aromatic heterocycles. The van der Waals surface area contributed by atoms with Gasteiger partial charge in [-0.25, -0.2) is 19.9 Å². The normalized spacial score (nSPS) is 12.0. The Morgan fingerprint density at radius 1 is 0.143 bits per heavy atom. The summed E-state index contributed by atoms with van der Waals surface area (Å²) in [4.78, 5) is 21.8. The molecule has 0 aliphatic rings. The monoisotopic (exact) mass is 1790 g/mol. The van der Waals surface area contributed by atoms with Crippen LogP contribution in [-0.2, 0) is 0 Å². The summed E-state index contributed by atoms with van der Waals surface area (Å²) < 4.78 is 27.5. The number of hydrogen-bond acceptors (Lipinski definition) is 6. The lowest BCUT2D eigenvalue weighted by Gasteiger charge is -2.11. The first-order valence-corrected chi connectivity index (χ1v) is 47.5. The second-order valence-corrected chi connectivity index (χ2v) is 36.3. The van der Waals surface area contributed by atoms with Gasteiger partial charge in [0.25, 0.3) is 0 Å². The van der Waals surface area contributed by atoms with Crippen molar-refractivity contribution in [3.63, 3.8) is 0 Å². The minimum atomic E-state index is 0.581. The van der Waals surface area contributed by atoms with Crippen molar-refractivity contribution in [2.24, 2.45) is 0 Å². The maximum Gasteiger partial charge on any atom is 0.236 e. The molecule has 0 spiro atoms. The summed E-state index contributed by atoms with van der Waals surface area (Å²) in [6.07, 6.45) is 0. The number of fused-ring (bicyclic) bond motifs is 24. The van der Waals surface area contributed by atoms with Crippen LogP contribution in [-0.4, -0.2) is 47.3 Å². The van der Waals surface area contributed by atoms with Crippen LogP contribution >= 0.6 is 0 Å². The fourth-order valence-electron chi connectivity index (χ4n) is 22.2. The third-order valence-electron chi connectivity index (χ3n) is 28.5. The van der Waals surface area contributed by atoms with E-state index in [1.807, 2.05) is 24.3 Å². The van der Waals surface area contributed by atoms with Gasteiger partial charge in [-0.15, -0.1) is 0 Å². The summed E-state index contributed by atoms with van der Waals surface area (Å²) in [5.41, 5.74) is 34.8. The molecule has 10 heterocycles. The van der Waals surface area contributed by atoms with Crippen LogP contribution in [0.15, 0.2) is 482 Å². The van der Waals surface area contributed by atoms with E-state index in [0.717, 1.165) is 166 Å². The van der Waals surface area contributed by atoms with Crippen LogP contribution < -0.4 is 0 Å². The molecule has 0 saturated heterocycles. The number of rotatable bonds is 12. The third kappa shape index (κ3) is 12.3. The highest BCUT2D eigenvalue weighted by molar-refractivity contribution is 6.18. The topological polar surface area (TPSA) is 107 Å². The third-order valence-corrected chi connectivity index (χ3v) is 28.5. The quantitative estimate of drug-likeness (QED) is 0.121. The van der Waals surface area contributed by atoms with Crippen molar-refractivity contribution >= 4 is 175 Å². The minimum absolute atomic E-state index is 0.581. The minimum Gasteiger partial charge on any atom is -0.452 e. The zero-order chi connectivity index (χ0) is 91.7. The SMILES string of the molecule is c1ccc(-c2nc(-n3c4ccccc4c4cc(-c5ccc6c(c5)c5ccccc5n6-c5ccccc5)ccc43)nc3c2oc2ccc(-c4cccc(-n5c6ccccc6c6ccccc65)c4)cc23)cc1.c1ccc(-c2nc(-n3c4ccccc4c4ccc(-c5ccc6c(c5)c5ccccc5n6-c5ccccc5)cc43)nc3c2oc2ccc(-c4cccc(-n5c6ccccc6c6ccccc65)c4)cc23)cc1. The van der Waals surface area contributed by atoms with Gasteiger partial charge in [0.2, 0.25) is 11.9 Å². The number of hydrogen-bond donors (Lipinski definition) is 0. The molecule has 0 unspecified atom stereocenters. The Morgan fingerprint density at radius 3 is 0.736 bits per heavy atom. The van der Waals surface area contributed by atoms with Crippen molar-refractivity contribution in [1.29, 1.82) is 0 Å². The summed E-state index contributed by atoms with van der Waals surface area (Å²) in [5.74, 6) is 1.17. The molecule has 0 bridgehead atoms. The largest absolute Gasteiger partial charge is 0.452 e. The van der Waals surface area contributed by atoms with E-state index in [2.05, 4.69) is 476 Å². The van der Waals surface area contributed by atoms with Gasteiger partial charge in [0, 0.05) is 109 Å². The lowest BCUT2D eigenvalue weighted by atomic mass is 10.0. The average Bonchev–Trinajstić information content (AvgIpc) is 1.56. The van der Waals surface area contributed by atoms with Crippen molar-refractivity contribution in [3.8, 4) is 102 Å². The van der Waals surface area contributed by atoms with Crippen LogP contribution in [0.3, 0.4) is 0 Å². The first-order valence-electron chi connectivity index (χ1n) is 47.5. The molecule has 30 aromatic rings. The molecule has 0 aliphatic heterocycles. The van der Waals surface area contributed by atoms with Gasteiger partial charge >= 0.3 is 0 Å². The Hall–Kier alpha value is -19.0. The summed E-state index contributed by atoms with van der Waals surface area (Å²) >= 11 is 0. The molecular formula is C128H78N10O2. The number of para-hydroxylation sites is 10. The predicted molar refractivity (Wildman–Crippen MR) is 577 cm³/mol. The van der Waals surface area contributed by atoms with Gasteiger partial charge in [-0.3, -0.25) is 9.13 Å². The summed E-state index contributed by atoms with van der Waals surface area (Å²) in [5, 5.41) is 16.2. The van der Waals surface area contributed by atoms with E-state index in [1.54, 1.807) is 0 Å². The van der Waals surface area contributed by atoms with Crippen LogP contribution in [0.1, 0.15) is 0 Å². The highest BCUT2D eigenvalue weighted by atomic mass is 16.3. The highest BCUT2D eigenvalue weighted by Gasteiger charge is 2.28.